The van der Waals surface area contributed by atoms with Gasteiger partial charge in [-0.3, -0.25) is 4.68 Å². The van der Waals surface area contributed by atoms with Crippen molar-refractivity contribution in [3.05, 3.63) is 46.6 Å². The summed E-state index contributed by atoms with van der Waals surface area (Å²) < 4.78 is 64.9. The number of carbonyl (C=O) groups is 1. The minimum absolute atomic E-state index is 0.0368. The monoisotopic (exact) mass is 558 g/mol. The lowest BCUT2D eigenvalue weighted by molar-refractivity contribution is -0.278. The molecule has 1 aliphatic carbocycles. The molecule has 1 saturated carbocycles. The minimum atomic E-state index is -4.75. The molecule has 0 spiro atoms. The smallest absolute Gasteiger partial charge is 0.443 e. The summed E-state index contributed by atoms with van der Waals surface area (Å²) in [5.41, 5.74) is 0.431. The van der Waals surface area contributed by atoms with Crippen molar-refractivity contribution in [3.8, 4) is 5.88 Å². The third-order valence-corrected chi connectivity index (χ3v) is 7.00. The molecule has 1 saturated heterocycles. The van der Waals surface area contributed by atoms with E-state index in [9.17, 15) is 33.3 Å². The Kier molecular flexibility index (Phi) is 9.04. The summed E-state index contributed by atoms with van der Waals surface area (Å²) in [4.78, 5) is 11.6. The topological polar surface area (TPSA) is 132 Å². The van der Waals surface area contributed by atoms with Crippen molar-refractivity contribution >= 4 is 6.16 Å². The third kappa shape index (κ3) is 6.48. The number of hydrogen-bond donors (Lipinski definition) is 3. The Hall–Kier alpha value is -2.87. The number of nitrogens with zero attached hydrogens (tertiary/aromatic N) is 2. The molecule has 0 radical (unpaired) electrons. The van der Waals surface area contributed by atoms with Crippen LogP contribution >= 0.6 is 0 Å². The molecule has 4 rings (SSSR count). The van der Waals surface area contributed by atoms with Crippen molar-refractivity contribution in [2.45, 2.75) is 88.9 Å². The summed E-state index contributed by atoms with van der Waals surface area (Å²) in [7, 11) is 0. The third-order valence-electron chi connectivity index (χ3n) is 7.00. The van der Waals surface area contributed by atoms with E-state index in [1.165, 1.54) is 0 Å². The molecule has 10 nitrogen and oxygen atoms in total. The molecule has 39 heavy (non-hydrogen) atoms. The fourth-order valence-corrected chi connectivity index (χ4v) is 4.57. The van der Waals surface area contributed by atoms with Gasteiger partial charge in [0.05, 0.1) is 18.2 Å². The van der Waals surface area contributed by atoms with Gasteiger partial charge in [0.25, 0.3) is 0 Å². The average Bonchev–Trinajstić information content (AvgIpc) is 3.20. The maximum atomic E-state index is 14.4. The number of alkyl halides is 3. The molecule has 0 amide bonds. The largest absolute Gasteiger partial charge is 0.508 e. The Morgan fingerprint density at radius 2 is 1.72 bits per heavy atom. The zero-order valence-electron chi connectivity index (χ0n) is 21.6. The second-order valence-electron chi connectivity index (χ2n) is 9.63. The molecular formula is C26H33F3N2O8. The Morgan fingerprint density at radius 3 is 2.28 bits per heavy atom. The van der Waals surface area contributed by atoms with Gasteiger partial charge >= 0.3 is 12.3 Å². The van der Waals surface area contributed by atoms with Gasteiger partial charge < -0.3 is 34.3 Å². The van der Waals surface area contributed by atoms with E-state index in [1.807, 2.05) is 19.1 Å². The zero-order valence-corrected chi connectivity index (χ0v) is 21.6. The maximum Gasteiger partial charge on any atom is 0.508 e. The highest BCUT2D eigenvalue weighted by Crippen LogP contribution is 2.43. The molecule has 2 fully saturated rings. The molecule has 2 aliphatic rings. The van der Waals surface area contributed by atoms with Crippen molar-refractivity contribution in [1.82, 2.24) is 9.78 Å². The first-order valence-corrected chi connectivity index (χ1v) is 13.0. The summed E-state index contributed by atoms with van der Waals surface area (Å²) in [6.07, 6.45) is -11.8. The van der Waals surface area contributed by atoms with Crippen LogP contribution in [0.15, 0.2) is 24.3 Å². The normalized spacial score (nSPS) is 25.7. The van der Waals surface area contributed by atoms with Crippen LogP contribution in [0.2, 0.25) is 0 Å². The number of aliphatic hydroxyl groups is 3. The number of rotatable bonds is 9. The maximum absolute atomic E-state index is 14.4. The van der Waals surface area contributed by atoms with Crippen molar-refractivity contribution in [3.63, 3.8) is 0 Å². The van der Waals surface area contributed by atoms with Crippen LogP contribution in [0, 0.1) is 0 Å². The van der Waals surface area contributed by atoms with Crippen LogP contribution in [-0.4, -0.2) is 75.2 Å². The Bertz CT molecular complexity index is 1120. The molecule has 5 atom stereocenters. The van der Waals surface area contributed by atoms with Gasteiger partial charge in [-0.15, -0.1) is 5.10 Å². The summed E-state index contributed by atoms with van der Waals surface area (Å²) in [6, 6.07) is 6.67. The van der Waals surface area contributed by atoms with Crippen LogP contribution in [0.4, 0.5) is 18.0 Å². The van der Waals surface area contributed by atoms with Gasteiger partial charge in [0.1, 0.15) is 36.7 Å². The molecule has 1 aromatic carbocycles. The summed E-state index contributed by atoms with van der Waals surface area (Å²) >= 11 is 0. The molecule has 216 valence electrons. The fourth-order valence-electron chi connectivity index (χ4n) is 4.57. The molecule has 13 heteroatoms. The van der Waals surface area contributed by atoms with Crippen LogP contribution < -0.4 is 4.74 Å². The number of halogens is 3. The van der Waals surface area contributed by atoms with Crippen LogP contribution in [0.25, 0.3) is 0 Å². The average molecular weight is 559 g/mol. The number of aromatic nitrogens is 2. The van der Waals surface area contributed by atoms with Crippen LogP contribution in [-0.2, 0) is 33.2 Å². The van der Waals surface area contributed by atoms with Gasteiger partial charge in [-0.05, 0) is 43.7 Å². The van der Waals surface area contributed by atoms with Gasteiger partial charge in [0, 0.05) is 6.42 Å². The molecule has 0 bridgehead atoms. The Labute approximate surface area is 223 Å². The SMILES string of the molecule is CCOC(=O)OC[C@H]1O[C@@H](Oc2nn(C3CCC3)c(C(F)(F)F)c2Cc2ccc(CC)cc2)[C@H](O)[C@@H](O)[C@@H]1O. The number of carbonyl (C=O) groups excluding carboxylic acids is 1. The van der Waals surface area contributed by atoms with E-state index < -0.39 is 67.3 Å². The van der Waals surface area contributed by atoms with E-state index in [1.54, 1.807) is 19.1 Å². The lowest BCUT2D eigenvalue weighted by Crippen LogP contribution is -2.60. The molecule has 1 aromatic heterocycles. The number of benzene rings is 1. The lowest BCUT2D eigenvalue weighted by Gasteiger charge is -2.39. The van der Waals surface area contributed by atoms with Gasteiger partial charge in [0.15, 0.2) is 0 Å². The molecular weight excluding hydrogens is 525 g/mol. The van der Waals surface area contributed by atoms with Gasteiger partial charge in [-0.2, -0.15) is 13.2 Å². The number of ether oxygens (including phenoxy) is 4. The predicted octanol–water partition coefficient (Wildman–Crippen LogP) is 3.14. The van der Waals surface area contributed by atoms with E-state index in [4.69, 9.17) is 14.2 Å². The Morgan fingerprint density at radius 1 is 1.05 bits per heavy atom. The lowest BCUT2D eigenvalue weighted by atomic mass is 9.93. The number of hydrogen-bond acceptors (Lipinski definition) is 9. The minimum Gasteiger partial charge on any atom is -0.443 e. The van der Waals surface area contributed by atoms with Crippen molar-refractivity contribution in [2.75, 3.05) is 13.2 Å². The summed E-state index contributed by atoms with van der Waals surface area (Å²) in [5, 5.41) is 35.4. The van der Waals surface area contributed by atoms with E-state index in [2.05, 4.69) is 9.84 Å². The summed E-state index contributed by atoms with van der Waals surface area (Å²) in [5.74, 6) is -0.411. The molecule has 0 unspecified atom stereocenters. The fraction of sp³-hybridized carbons (Fsp3) is 0.615. The molecule has 2 aromatic rings. The van der Waals surface area contributed by atoms with Crippen molar-refractivity contribution < 1.29 is 52.2 Å². The second-order valence-corrected chi connectivity index (χ2v) is 9.63. The van der Waals surface area contributed by atoms with Crippen molar-refractivity contribution in [1.29, 1.82) is 0 Å². The van der Waals surface area contributed by atoms with Crippen LogP contribution in [0.5, 0.6) is 5.88 Å². The molecule has 2 heterocycles. The highest BCUT2D eigenvalue weighted by Gasteiger charge is 2.48. The van der Waals surface area contributed by atoms with E-state index >= 15 is 0 Å². The van der Waals surface area contributed by atoms with Gasteiger partial charge in [-0.1, -0.05) is 31.2 Å². The van der Waals surface area contributed by atoms with Crippen molar-refractivity contribution in [2.24, 2.45) is 0 Å². The van der Waals surface area contributed by atoms with Crippen LogP contribution in [0.1, 0.15) is 61.5 Å². The quantitative estimate of drug-likeness (QED) is 0.397. The predicted molar refractivity (Wildman–Crippen MR) is 129 cm³/mol. The zero-order chi connectivity index (χ0) is 28.3. The molecule has 3 N–H and O–H groups in total. The molecule has 1 aliphatic heterocycles. The van der Waals surface area contributed by atoms with Gasteiger partial charge in [-0.25, -0.2) is 4.79 Å². The highest BCUT2D eigenvalue weighted by molar-refractivity contribution is 5.59. The van der Waals surface area contributed by atoms with Crippen LogP contribution in [0.3, 0.4) is 0 Å². The summed E-state index contributed by atoms with van der Waals surface area (Å²) in [6.45, 7) is 3.00. The van der Waals surface area contributed by atoms with E-state index in [0.29, 0.717) is 18.4 Å². The number of aryl methyl sites for hydroxylation is 1. The van der Waals surface area contributed by atoms with Gasteiger partial charge in [0.2, 0.25) is 12.2 Å². The standard InChI is InChI=1S/C26H33F3N2O8/c1-3-14-8-10-15(11-9-14)12-17-22(26(27,28)29)31(16-6-5-7-16)30-23(17)39-24-21(34)20(33)19(32)18(38-24)13-37-25(35)36-4-2/h8-11,16,18-21,24,32-34H,3-7,12-13H2,1-2H3/t18-,19-,20+,21-,24+/m1/s1. The highest BCUT2D eigenvalue weighted by atomic mass is 19.4. The first kappa shape index (κ1) is 29.1. The second kappa shape index (κ2) is 12.1. The first-order valence-electron chi connectivity index (χ1n) is 13.0. The number of aliphatic hydroxyl groups excluding tert-OH is 3. The van der Waals surface area contributed by atoms with E-state index in [0.717, 1.165) is 23.1 Å². The van der Waals surface area contributed by atoms with E-state index in [-0.39, 0.29) is 18.6 Å². The first-order chi connectivity index (χ1) is 18.5. The Balaban J connectivity index is 1.66.